The van der Waals surface area contributed by atoms with Crippen molar-refractivity contribution in [3.63, 3.8) is 0 Å². The molecule has 498 valence electrons. The molecule has 94 heavy (non-hydrogen) atoms. The van der Waals surface area contributed by atoms with Crippen molar-refractivity contribution in [3.8, 4) is 57.5 Å². The van der Waals surface area contributed by atoms with E-state index in [0.29, 0.717) is 16.4 Å². The van der Waals surface area contributed by atoms with E-state index in [9.17, 15) is 19.8 Å². The second-order valence-corrected chi connectivity index (χ2v) is 30.0. The van der Waals surface area contributed by atoms with Crippen molar-refractivity contribution < 1.29 is 72.3 Å². The second kappa shape index (κ2) is 42.2. The molecule has 0 aliphatic heterocycles. The highest BCUT2D eigenvalue weighted by Crippen LogP contribution is 2.44. The number of ether oxygens (including phenoxy) is 10. The summed E-state index contributed by atoms with van der Waals surface area (Å²) in [5.74, 6) is 5.59. The summed E-state index contributed by atoms with van der Waals surface area (Å²) in [6.45, 7) is 0.0281. The number of aliphatic hydroxyl groups is 1. The van der Waals surface area contributed by atoms with Crippen LogP contribution in [0.4, 0.5) is 0 Å². The maximum Gasteiger partial charge on any atom is 0.337 e. The molecule has 0 fully saturated rings. The van der Waals surface area contributed by atoms with Crippen LogP contribution in [0.1, 0.15) is 31.8 Å². The molecule has 0 aliphatic carbocycles. The van der Waals surface area contributed by atoms with Crippen molar-refractivity contribution in [2.45, 2.75) is 51.1 Å². The fourth-order valence-corrected chi connectivity index (χ4v) is 16.5. The van der Waals surface area contributed by atoms with Crippen LogP contribution in [0.5, 0.6) is 57.5 Å². The molecule has 0 atom stereocenters. The molecule has 0 bridgehead atoms. The predicted octanol–water partition coefficient (Wildman–Crippen LogP) is 20.6. The van der Waals surface area contributed by atoms with Crippen LogP contribution in [-0.2, 0) is 11.9 Å². The van der Waals surface area contributed by atoms with Crippen LogP contribution in [-0.4, -0.2) is 98.4 Å². The van der Waals surface area contributed by atoms with Gasteiger partial charge in [-0.05, 0) is 223 Å². The number of carboxylic acids is 2. The van der Waals surface area contributed by atoms with Crippen molar-refractivity contribution >= 4 is 187 Å². The summed E-state index contributed by atoms with van der Waals surface area (Å²) in [4.78, 5) is 29.8. The van der Waals surface area contributed by atoms with Gasteiger partial charge in [-0.25, -0.2) is 9.59 Å². The average molecular weight is 1900 g/mol. The number of carbonyl (C=O) groups is 2. The molecular formula is C68H64BrClI4O15S5. The average Bonchev–Trinajstić information content (AvgIpc) is 1.03. The highest BCUT2D eigenvalue weighted by Gasteiger charge is 2.15. The fraction of sp³-hybridized carbons (Fsp3) is 0.176. The summed E-state index contributed by atoms with van der Waals surface area (Å²) in [5, 5.41) is 28.4. The second-order valence-electron chi connectivity index (χ2n) is 18.4. The Morgan fingerprint density at radius 2 is 0.617 bits per heavy atom. The molecule has 15 nitrogen and oxygen atoms in total. The SMILES string of the molecule is COc1cc(OC)cc(SSc2cc(OC)cc(OC)c2)c1.COc1cc(OC)cc(Sc2cc(I)ccc2C(=O)O)c1.COc1cc(OC)cc(Sc2cc(I)ccc2CBr)c1.COc1cc(OC)cc(Sc2cc(I)ccc2CO)c1.O=C(O)c1ccc(I)cc1Cl. The predicted molar refractivity (Wildman–Crippen MR) is 416 cm³/mol. The van der Waals surface area contributed by atoms with Crippen LogP contribution in [0.2, 0.25) is 5.02 Å². The first-order valence-electron chi connectivity index (χ1n) is 27.1. The number of alkyl halides is 1. The Morgan fingerprint density at radius 1 is 0.362 bits per heavy atom. The van der Waals surface area contributed by atoms with Crippen LogP contribution in [0.25, 0.3) is 0 Å². The number of benzene rings is 9. The van der Waals surface area contributed by atoms with Gasteiger partial charge < -0.3 is 62.7 Å². The van der Waals surface area contributed by atoms with E-state index in [1.165, 1.54) is 31.9 Å². The van der Waals surface area contributed by atoms with Crippen molar-refractivity contribution in [2.24, 2.45) is 0 Å². The van der Waals surface area contributed by atoms with Gasteiger partial charge in [0.15, 0.2) is 0 Å². The van der Waals surface area contributed by atoms with E-state index in [-0.39, 0.29) is 22.8 Å². The first-order chi connectivity index (χ1) is 45.1. The molecule has 9 rings (SSSR count). The van der Waals surface area contributed by atoms with Crippen molar-refractivity contribution in [3.05, 3.63) is 205 Å². The standard InChI is InChI=1S/C16H18O4S2.C15H14BrIO2S.C15H13IO4S.C15H15IO3S.C7H4ClIO2/c1-17-11-5-12(18-2)8-15(7-11)21-22-16-9-13(19-3)6-14(10-16)20-4;1-18-12-6-13(19-2)8-14(7-12)20-15-5-11(17)4-3-10(15)9-16;1-19-10-6-11(20-2)8-12(7-10)21-14-5-9(16)3-4-13(14)15(17)18;1-18-12-6-13(19-2)8-14(7-12)20-15-5-11(16)4-3-10(15)9-17;8-6-3-4(9)1-2-5(6)7(10)11/h5-10H,1-4H3;3-8H,9H2,1-2H3;3-8H,1-2H3,(H,17,18);3-8,17H,9H2,1-2H3;1-3H,(H,10,11). The van der Waals surface area contributed by atoms with E-state index in [4.69, 9.17) is 64.1 Å². The fourth-order valence-electron chi connectivity index (χ4n) is 7.56. The van der Waals surface area contributed by atoms with Gasteiger partial charge in [0.2, 0.25) is 0 Å². The van der Waals surface area contributed by atoms with Crippen LogP contribution < -0.4 is 47.4 Å². The number of rotatable bonds is 23. The Hall–Kier alpha value is -4.68. The number of hydrogen-bond acceptors (Lipinski definition) is 18. The van der Waals surface area contributed by atoms with Gasteiger partial charge in [-0.3, -0.25) is 0 Å². The number of halogens is 6. The molecule has 0 aliphatic rings. The summed E-state index contributed by atoms with van der Waals surface area (Å²) in [5.41, 5.74) is 2.61. The van der Waals surface area contributed by atoms with Crippen molar-refractivity contribution in [2.75, 3.05) is 71.1 Å². The minimum atomic E-state index is -0.994. The van der Waals surface area contributed by atoms with Crippen molar-refractivity contribution in [1.82, 2.24) is 0 Å². The molecule has 9 aromatic carbocycles. The zero-order valence-corrected chi connectivity index (χ0v) is 67.1. The third-order valence-corrected chi connectivity index (χ3v) is 21.4. The lowest BCUT2D eigenvalue weighted by Gasteiger charge is -2.10. The lowest BCUT2D eigenvalue weighted by molar-refractivity contribution is 0.0684. The molecule has 9 aromatic rings. The monoisotopic (exact) mass is 1900 g/mol. The Kier molecular flexibility index (Phi) is 35.9. The molecule has 0 saturated heterocycles. The summed E-state index contributed by atoms with van der Waals surface area (Å²) in [6, 6.07) is 51.2. The normalized spacial score (nSPS) is 10.2. The van der Waals surface area contributed by atoms with Gasteiger partial charge in [-0.2, -0.15) is 0 Å². The van der Waals surface area contributed by atoms with E-state index < -0.39 is 11.9 Å². The van der Waals surface area contributed by atoms with Crippen molar-refractivity contribution in [1.29, 1.82) is 0 Å². The minimum Gasteiger partial charge on any atom is -0.497 e. The maximum absolute atomic E-state index is 11.3. The van der Waals surface area contributed by atoms with Gasteiger partial charge >= 0.3 is 11.9 Å². The van der Waals surface area contributed by atoms with Gasteiger partial charge in [0.1, 0.15) is 57.5 Å². The maximum atomic E-state index is 11.3. The Bertz CT molecular complexity index is 3700. The Balaban J connectivity index is 0.000000216. The number of carboxylic acid groups (broad SMARTS) is 2. The summed E-state index contributed by atoms with van der Waals surface area (Å²) >= 11 is 22.7. The Morgan fingerprint density at radius 3 is 0.904 bits per heavy atom. The Labute approximate surface area is 636 Å². The van der Waals surface area contributed by atoms with Gasteiger partial charge in [0.25, 0.3) is 0 Å². The largest absolute Gasteiger partial charge is 0.497 e. The third-order valence-electron chi connectivity index (χ3n) is 12.3. The number of aromatic carboxylic acids is 2. The van der Waals surface area contributed by atoms with E-state index in [2.05, 4.69) is 131 Å². The van der Waals surface area contributed by atoms with Gasteiger partial charge in [-0.1, -0.05) is 96.5 Å². The summed E-state index contributed by atoms with van der Waals surface area (Å²) in [6.07, 6.45) is 0. The first kappa shape index (κ1) is 80.0. The van der Waals surface area contributed by atoms with E-state index in [0.717, 1.165) is 97.0 Å². The summed E-state index contributed by atoms with van der Waals surface area (Å²) < 4.78 is 57.0. The number of hydrogen-bond donors (Lipinski definition) is 3. The topological polar surface area (TPSA) is 187 Å². The first-order valence-corrected chi connectivity index (χ1v) is 37.5. The molecule has 0 heterocycles. The number of aliphatic hydroxyl groups excluding tert-OH is 1. The smallest absolute Gasteiger partial charge is 0.337 e. The zero-order valence-electron chi connectivity index (χ0n) is 52.1. The third kappa shape index (κ3) is 26.6. The van der Waals surface area contributed by atoms with E-state index in [1.54, 1.807) is 147 Å². The quantitative estimate of drug-likeness (QED) is 0.0311. The lowest BCUT2D eigenvalue weighted by atomic mass is 10.2. The molecule has 0 saturated carbocycles. The molecule has 0 amide bonds. The van der Waals surface area contributed by atoms with Gasteiger partial charge in [0.05, 0.1) is 93.9 Å². The molecule has 0 radical (unpaired) electrons. The molecule has 0 spiro atoms. The lowest BCUT2D eigenvalue weighted by Crippen LogP contribution is -1.99. The minimum absolute atomic E-state index is 0.0281. The zero-order chi connectivity index (χ0) is 68.9. The van der Waals surface area contributed by atoms with Crippen LogP contribution >= 0.6 is 175 Å². The number of methoxy groups -OCH3 is 10. The highest BCUT2D eigenvalue weighted by molar-refractivity contribution is 14.1. The van der Waals surface area contributed by atoms with Crippen LogP contribution in [0, 0.1) is 14.3 Å². The summed E-state index contributed by atoms with van der Waals surface area (Å²) in [7, 11) is 19.6. The molecule has 0 aromatic heterocycles. The van der Waals surface area contributed by atoms with E-state index >= 15 is 0 Å². The molecule has 0 unspecified atom stereocenters. The molecule has 26 heteroatoms. The van der Waals surface area contributed by atoms with Gasteiger partial charge in [-0.15, -0.1) is 0 Å². The van der Waals surface area contributed by atoms with Crippen LogP contribution in [0.15, 0.2) is 203 Å². The van der Waals surface area contributed by atoms with E-state index in [1.807, 2.05) is 103 Å². The van der Waals surface area contributed by atoms with Crippen LogP contribution in [0.3, 0.4) is 0 Å². The molecule has 3 N–H and O–H groups in total. The highest BCUT2D eigenvalue weighted by atomic mass is 127. The molecular weight excluding hydrogens is 1840 g/mol. The van der Waals surface area contributed by atoms with Gasteiger partial charge in [0, 0.05) is 89.1 Å².